The van der Waals surface area contributed by atoms with Gasteiger partial charge >= 0.3 is 0 Å². The fourth-order valence-electron chi connectivity index (χ4n) is 0.872. The van der Waals surface area contributed by atoms with Crippen LogP contribution in [0, 0.1) is 5.82 Å². The third-order valence-electron chi connectivity index (χ3n) is 1.40. The highest BCUT2D eigenvalue weighted by Gasteiger charge is 2.01. The zero-order valence-electron chi connectivity index (χ0n) is 6.28. The van der Waals surface area contributed by atoms with E-state index < -0.39 is 0 Å². The molecule has 0 aromatic heterocycles. The molecule has 0 heterocycles. The smallest absolute Gasteiger partial charge is 0.124 e. The van der Waals surface area contributed by atoms with Crippen molar-refractivity contribution in [2.75, 3.05) is 0 Å². The van der Waals surface area contributed by atoms with Gasteiger partial charge in [0.15, 0.2) is 0 Å². The molecule has 0 atom stereocenters. The van der Waals surface area contributed by atoms with Crippen molar-refractivity contribution in [1.82, 2.24) is 0 Å². The van der Waals surface area contributed by atoms with E-state index in [-0.39, 0.29) is 5.82 Å². The van der Waals surface area contributed by atoms with E-state index in [0.29, 0.717) is 16.5 Å². The molecule has 0 fully saturated rings. The van der Waals surface area contributed by atoms with Gasteiger partial charge in [-0.05, 0) is 17.7 Å². The SMILES string of the molecule is C=C(Cl)Cc1ccc(F)cc1Cl. The number of hydrogen-bond acceptors (Lipinski definition) is 0. The fraction of sp³-hybridized carbons (Fsp3) is 0.111. The molecule has 0 bridgehead atoms. The molecule has 0 aliphatic rings. The lowest BCUT2D eigenvalue weighted by atomic mass is 10.1. The second-order valence-electron chi connectivity index (χ2n) is 2.43. The normalized spacial score (nSPS) is 9.92. The quantitative estimate of drug-likeness (QED) is 0.689. The minimum atomic E-state index is -0.344. The first-order valence-corrected chi connectivity index (χ1v) is 4.12. The lowest BCUT2D eigenvalue weighted by molar-refractivity contribution is 0.627. The van der Waals surface area contributed by atoms with Crippen molar-refractivity contribution in [3.05, 3.63) is 46.2 Å². The maximum absolute atomic E-state index is 12.5. The molecule has 0 nitrogen and oxygen atoms in total. The largest absolute Gasteiger partial charge is 0.207 e. The monoisotopic (exact) mass is 204 g/mol. The summed E-state index contributed by atoms with van der Waals surface area (Å²) < 4.78 is 12.5. The third kappa shape index (κ3) is 2.50. The Bertz CT molecular complexity index is 307. The molecule has 3 heteroatoms. The molecule has 0 aliphatic heterocycles. The van der Waals surface area contributed by atoms with Crippen molar-refractivity contribution in [3.63, 3.8) is 0 Å². The Morgan fingerprint density at radius 3 is 2.67 bits per heavy atom. The van der Waals surface area contributed by atoms with Crippen molar-refractivity contribution >= 4 is 23.2 Å². The van der Waals surface area contributed by atoms with Gasteiger partial charge in [0.1, 0.15) is 5.82 Å². The van der Waals surface area contributed by atoms with Crippen molar-refractivity contribution in [2.45, 2.75) is 6.42 Å². The average molecular weight is 205 g/mol. The number of benzene rings is 1. The minimum Gasteiger partial charge on any atom is -0.207 e. The molecule has 1 aromatic carbocycles. The van der Waals surface area contributed by atoms with Crippen LogP contribution in [0.25, 0.3) is 0 Å². The second kappa shape index (κ2) is 3.92. The van der Waals surface area contributed by atoms with Gasteiger partial charge < -0.3 is 0 Å². The summed E-state index contributed by atoms with van der Waals surface area (Å²) in [5.74, 6) is -0.344. The molecular weight excluding hydrogens is 198 g/mol. The molecule has 0 saturated carbocycles. The zero-order valence-corrected chi connectivity index (χ0v) is 7.79. The Balaban J connectivity index is 2.93. The lowest BCUT2D eigenvalue weighted by Crippen LogP contribution is -1.86. The Kier molecular flexibility index (Phi) is 3.12. The number of allylic oxidation sites excluding steroid dienone is 1. The van der Waals surface area contributed by atoms with Gasteiger partial charge in [0.25, 0.3) is 0 Å². The third-order valence-corrected chi connectivity index (χ3v) is 1.88. The molecular formula is C9H7Cl2F. The molecule has 0 unspecified atom stereocenters. The van der Waals surface area contributed by atoms with E-state index in [2.05, 4.69) is 6.58 Å². The summed E-state index contributed by atoms with van der Waals surface area (Å²) >= 11 is 11.3. The topological polar surface area (TPSA) is 0 Å². The molecule has 64 valence electrons. The van der Waals surface area contributed by atoms with Gasteiger partial charge in [-0.2, -0.15) is 0 Å². The summed E-state index contributed by atoms with van der Waals surface area (Å²) in [7, 11) is 0. The van der Waals surface area contributed by atoms with E-state index in [1.165, 1.54) is 12.1 Å². The Hall–Kier alpha value is -0.530. The Morgan fingerprint density at radius 1 is 1.50 bits per heavy atom. The predicted octanol–water partition coefficient (Wildman–Crippen LogP) is 3.77. The first kappa shape index (κ1) is 9.56. The van der Waals surface area contributed by atoms with Gasteiger partial charge in [-0.1, -0.05) is 35.8 Å². The van der Waals surface area contributed by atoms with E-state index in [1.54, 1.807) is 6.07 Å². The number of rotatable bonds is 2. The van der Waals surface area contributed by atoms with Gasteiger partial charge in [-0.3, -0.25) is 0 Å². The van der Waals surface area contributed by atoms with Crippen molar-refractivity contribution < 1.29 is 4.39 Å². The summed E-state index contributed by atoms with van der Waals surface area (Å²) in [4.78, 5) is 0. The maximum Gasteiger partial charge on any atom is 0.124 e. The summed E-state index contributed by atoms with van der Waals surface area (Å²) in [5.41, 5.74) is 0.790. The molecule has 0 radical (unpaired) electrons. The van der Waals surface area contributed by atoms with Crippen molar-refractivity contribution in [1.29, 1.82) is 0 Å². The molecule has 1 rings (SSSR count). The highest BCUT2D eigenvalue weighted by Crippen LogP contribution is 2.20. The van der Waals surface area contributed by atoms with E-state index in [9.17, 15) is 4.39 Å². The first-order chi connectivity index (χ1) is 5.59. The van der Waals surface area contributed by atoms with E-state index in [1.807, 2.05) is 0 Å². The highest BCUT2D eigenvalue weighted by atomic mass is 35.5. The van der Waals surface area contributed by atoms with Crippen LogP contribution in [0.2, 0.25) is 5.02 Å². The molecule has 0 aliphatic carbocycles. The number of halogens is 3. The molecule has 0 amide bonds. The number of hydrogen-bond donors (Lipinski definition) is 0. The molecule has 1 aromatic rings. The van der Waals surface area contributed by atoms with Crippen LogP contribution in [0.15, 0.2) is 29.8 Å². The first-order valence-electron chi connectivity index (χ1n) is 3.37. The standard InChI is InChI=1S/C9H7Cl2F/c1-6(10)4-7-2-3-8(12)5-9(7)11/h2-3,5H,1,4H2. The van der Waals surface area contributed by atoms with E-state index in [4.69, 9.17) is 23.2 Å². The van der Waals surface area contributed by atoms with Gasteiger partial charge in [0.2, 0.25) is 0 Å². The summed E-state index contributed by atoms with van der Waals surface area (Å²) in [6, 6.07) is 4.21. The lowest BCUT2D eigenvalue weighted by Gasteiger charge is -2.01. The van der Waals surface area contributed by atoms with Crippen LogP contribution in [0.4, 0.5) is 4.39 Å². The Morgan fingerprint density at radius 2 is 2.17 bits per heavy atom. The van der Waals surface area contributed by atoms with Crippen LogP contribution >= 0.6 is 23.2 Å². The zero-order chi connectivity index (χ0) is 9.14. The Labute approximate surface area is 80.6 Å². The molecule has 0 saturated heterocycles. The second-order valence-corrected chi connectivity index (χ2v) is 3.37. The van der Waals surface area contributed by atoms with Gasteiger partial charge in [0, 0.05) is 16.5 Å². The van der Waals surface area contributed by atoms with Gasteiger partial charge in [0.05, 0.1) is 0 Å². The summed E-state index contributed by atoms with van der Waals surface area (Å²) in [6.45, 7) is 3.53. The van der Waals surface area contributed by atoms with Crippen LogP contribution in [0.1, 0.15) is 5.56 Å². The fourth-order valence-corrected chi connectivity index (χ4v) is 1.25. The van der Waals surface area contributed by atoms with Gasteiger partial charge in [-0.25, -0.2) is 4.39 Å². The minimum absolute atomic E-state index is 0.344. The van der Waals surface area contributed by atoms with E-state index >= 15 is 0 Å². The molecule has 0 spiro atoms. The highest BCUT2D eigenvalue weighted by molar-refractivity contribution is 6.32. The van der Waals surface area contributed by atoms with Crippen LogP contribution in [-0.2, 0) is 6.42 Å². The van der Waals surface area contributed by atoms with Crippen LogP contribution in [0.5, 0.6) is 0 Å². The summed E-state index contributed by atoms with van der Waals surface area (Å²) in [6.07, 6.45) is 0.473. The maximum atomic E-state index is 12.5. The van der Waals surface area contributed by atoms with Crippen LogP contribution < -0.4 is 0 Å². The van der Waals surface area contributed by atoms with Crippen molar-refractivity contribution in [3.8, 4) is 0 Å². The molecule has 0 N–H and O–H groups in total. The van der Waals surface area contributed by atoms with Crippen molar-refractivity contribution in [2.24, 2.45) is 0 Å². The summed E-state index contributed by atoms with van der Waals surface area (Å²) in [5, 5.41) is 0.875. The van der Waals surface area contributed by atoms with E-state index in [0.717, 1.165) is 5.56 Å². The van der Waals surface area contributed by atoms with Crippen LogP contribution in [0.3, 0.4) is 0 Å². The predicted molar refractivity (Wildman–Crippen MR) is 50.1 cm³/mol. The van der Waals surface area contributed by atoms with Crippen LogP contribution in [-0.4, -0.2) is 0 Å². The molecule has 12 heavy (non-hydrogen) atoms. The van der Waals surface area contributed by atoms with Gasteiger partial charge in [-0.15, -0.1) is 0 Å². The average Bonchev–Trinajstić information content (AvgIpc) is 1.94.